The molecule has 1 amide bonds. The van der Waals surface area contributed by atoms with Crippen molar-refractivity contribution in [3.05, 3.63) is 72.2 Å². The average molecular weight is 335 g/mol. The Bertz CT molecular complexity index is 916. The highest BCUT2D eigenvalue weighted by molar-refractivity contribution is 5.76. The van der Waals surface area contributed by atoms with Crippen molar-refractivity contribution >= 4 is 5.91 Å². The van der Waals surface area contributed by atoms with Crippen LogP contribution in [-0.4, -0.2) is 20.9 Å². The fraction of sp³-hybridized carbons (Fsp3) is 0.111. The summed E-state index contributed by atoms with van der Waals surface area (Å²) in [6.07, 6.45) is 1.64. The molecule has 0 saturated heterocycles. The van der Waals surface area contributed by atoms with Crippen LogP contribution >= 0.6 is 0 Å². The summed E-state index contributed by atoms with van der Waals surface area (Å²) in [7, 11) is 0. The van der Waals surface area contributed by atoms with Gasteiger partial charge in [0, 0.05) is 11.1 Å². The van der Waals surface area contributed by atoms with E-state index in [0.29, 0.717) is 5.69 Å². The van der Waals surface area contributed by atoms with Gasteiger partial charge in [0.25, 0.3) is 0 Å². The van der Waals surface area contributed by atoms with Gasteiger partial charge in [0.15, 0.2) is 0 Å². The fourth-order valence-electron chi connectivity index (χ4n) is 2.36. The van der Waals surface area contributed by atoms with Gasteiger partial charge in [-0.2, -0.15) is 5.26 Å². The van der Waals surface area contributed by atoms with E-state index in [-0.39, 0.29) is 12.1 Å². The predicted molar refractivity (Wildman–Crippen MR) is 88.4 cm³/mol. The van der Waals surface area contributed by atoms with E-state index < -0.39 is 17.8 Å². The molecule has 1 atom stereocenters. The van der Waals surface area contributed by atoms with Gasteiger partial charge in [-0.05, 0) is 6.07 Å². The van der Waals surface area contributed by atoms with Gasteiger partial charge in [-0.3, -0.25) is 4.79 Å². The second kappa shape index (κ2) is 7.36. The van der Waals surface area contributed by atoms with Gasteiger partial charge in [0.05, 0.1) is 12.3 Å². The number of amides is 1. The Morgan fingerprint density at radius 2 is 1.92 bits per heavy atom. The van der Waals surface area contributed by atoms with Gasteiger partial charge in [0.1, 0.15) is 24.1 Å². The van der Waals surface area contributed by atoms with Crippen molar-refractivity contribution in [1.82, 2.24) is 20.3 Å². The molecule has 6 nitrogen and oxygen atoms in total. The van der Waals surface area contributed by atoms with Crippen LogP contribution in [0.1, 0.15) is 11.6 Å². The van der Waals surface area contributed by atoms with Gasteiger partial charge < -0.3 is 5.32 Å². The van der Waals surface area contributed by atoms with Crippen molar-refractivity contribution in [2.75, 3.05) is 0 Å². The van der Waals surface area contributed by atoms with Crippen molar-refractivity contribution in [2.45, 2.75) is 12.6 Å². The van der Waals surface area contributed by atoms with Gasteiger partial charge in [-0.25, -0.2) is 9.07 Å². The molecule has 0 aliphatic heterocycles. The first-order valence-electron chi connectivity index (χ1n) is 7.56. The molecule has 0 aliphatic carbocycles. The van der Waals surface area contributed by atoms with E-state index in [1.807, 2.05) is 36.4 Å². The lowest BCUT2D eigenvalue weighted by molar-refractivity contribution is -0.122. The first kappa shape index (κ1) is 16.3. The smallest absolute Gasteiger partial charge is 0.243 e. The maximum atomic E-state index is 13.8. The molecule has 7 heteroatoms. The molecular formula is C18H14FN5O. The van der Waals surface area contributed by atoms with Crippen LogP contribution in [0.25, 0.3) is 11.3 Å². The lowest BCUT2D eigenvalue weighted by Gasteiger charge is -2.12. The molecule has 1 heterocycles. The number of benzene rings is 2. The molecule has 1 aromatic heterocycles. The fourth-order valence-corrected chi connectivity index (χ4v) is 2.36. The van der Waals surface area contributed by atoms with Crippen molar-refractivity contribution in [3.63, 3.8) is 0 Å². The molecule has 25 heavy (non-hydrogen) atoms. The second-order valence-corrected chi connectivity index (χ2v) is 5.32. The zero-order chi connectivity index (χ0) is 17.6. The van der Waals surface area contributed by atoms with E-state index >= 15 is 0 Å². The number of nitriles is 1. The highest BCUT2D eigenvalue weighted by atomic mass is 19.1. The number of nitrogens with zero attached hydrogens (tertiary/aromatic N) is 4. The van der Waals surface area contributed by atoms with E-state index in [1.165, 1.54) is 22.9 Å². The number of carbonyl (C=O) groups excluding carboxylic acids is 1. The molecule has 1 N–H and O–H groups in total. The maximum Gasteiger partial charge on any atom is 0.243 e. The normalized spacial score (nSPS) is 11.5. The predicted octanol–water partition coefficient (Wildman–Crippen LogP) is 2.47. The molecule has 0 bridgehead atoms. The summed E-state index contributed by atoms with van der Waals surface area (Å²) in [5, 5.41) is 19.6. The Morgan fingerprint density at radius 3 is 2.64 bits per heavy atom. The van der Waals surface area contributed by atoms with Gasteiger partial charge >= 0.3 is 0 Å². The van der Waals surface area contributed by atoms with E-state index in [4.69, 9.17) is 0 Å². The van der Waals surface area contributed by atoms with Crippen LogP contribution in [0.3, 0.4) is 0 Å². The van der Waals surface area contributed by atoms with E-state index in [2.05, 4.69) is 15.6 Å². The molecule has 0 spiro atoms. The first-order chi connectivity index (χ1) is 12.2. The van der Waals surface area contributed by atoms with E-state index in [0.717, 1.165) is 5.56 Å². The Balaban J connectivity index is 1.68. The van der Waals surface area contributed by atoms with Gasteiger partial charge in [0.2, 0.25) is 5.91 Å². The van der Waals surface area contributed by atoms with Crippen molar-refractivity contribution < 1.29 is 9.18 Å². The summed E-state index contributed by atoms with van der Waals surface area (Å²) in [5.41, 5.74) is 1.65. The minimum absolute atomic E-state index is 0.119. The standard InChI is InChI=1S/C18H14FN5O/c19-15-9-5-4-8-14(15)16(10-20)21-18(25)12-24-11-17(22-23-24)13-6-2-1-3-7-13/h1-9,11,16H,12H2,(H,21,25). The van der Waals surface area contributed by atoms with Crippen molar-refractivity contribution in [3.8, 4) is 17.3 Å². The Hall–Kier alpha value is -3.53. The lowest BCUT2D eigenvalue weighted by Crippen LogP contribution is -2.31. The number of carbonyl (C=O) groups is 1. The highest BCUT2D eigenvalue weighted by Crippen LogP contribution is 2.17. The highest BCUT2D eigenvalue weighted by Gasteiger charge is 2.18. The van der Waals surface area contributed by atoms with Crippen LogP contribution < -0.4 is 5.32 Å². The lowest BCUT2D eigenvalue weighted by atomic mass is 10.1. The second-order valence-electron chi connectivity index (χ2n) is 5.32. The number of hydrogen-bond donors (Lipinski definition) is 1. The monoisotopic (exact) mass is 335 g/mol. The van der Waals surface area contributed by atoms with Crippen LogP contribution in [0, 0.1) is 17.1 Å². The number of aromatic nitrogens is 3. The zero-order valence-corrected chi connectivity index (χ0v) is 13.1. The zero-order valence-electron chi connectivity index (χ0n) is 13.1. The quantitative estimate of drug-likeness (QED) is 0.776. The van der Waals surface area contributed by atoms with Crippen LogP contribution in [0.4, 0.5) is 4.39 Å². The summed E-state index contributed by atoms with van der Waals surface area (Å²) in [6.45, 7) is -0.119. The van der Waals surface area contributed by atoms with Crippen LogP contribution in [0.5, 0.6) is 0 Å². The number of nitrogens with one attached hydrogen (secondary N) is 1. The third kappa shape index (κ3) is 3.87. The number of halogens is 1. The average Bonchev–Trinajstić information content (AvgIpc) is 3.09. The molecule has 3 aromatic rings. The molecule has 3 rings (SSSR count). The van der Waals surface area contributed by atoms with Gasteiger partial charge in [-0.1, -0.05) is 53.7 Å². The maximum absolute atomic E-state index is 13.8. The summed E-state index contributed by atoms with van der Waals surface area (Å²) < 4.78 is 15.1. The molecule has 0 radical (unpaired) electrons. The minimum Gasteiger partial charge on any atom is -0.335 e. The van der Waals surface area contributed by atoms with E-state index in [9.17, 15) is 14.4 Å². The molecule has 0 fully saturated rings. The van der Waals surface area contributed by atoms with Crippen LogP contribution in [-0.2, 0) is 11.3 Å². The van der Waals surface area contributed by atoms with Crippen molar-refractivity contribution in [2.24, 2.45) is 0 Å². The van der Waals surface area contributed by atoms with Crippen LogP contribution in [0.2, 0.25) is 0 Å². The molecule has 0 saturated carbocycles. The topological polar surface area (TPSA) is 83.6 Å². The molecular weight excluding hydrogens is 321 g/mol. The first-order valence-corrected chi connectivity index (χ1v) is 7.56. The number of rotatable bonds is 5. The Morgan fingerprint density at radius 1 is 1.20 bits per heavy atom. The molecule has 0 aliphatic rings. The third-order valence-corrected chi connectivity index (χ3v) is 3.56. The summed E-state index contributed by atoms with van der Waals surface area (Å²) in [4.78, 5) is 12.1. The summed E-state index contributed by atoms with van der Waals surface area (Å²) in [6, 6.07) is 16.1. The number of hydrogen-bond acceptors (Lipinski definition) is 4. The largest absolute Gasteiger partial charge is 0.335 e. The Labute approximate surface area is 143 Å². The van der Waals surface area contributed by atoms with Crippen molar-refractivity contribution in [1.29, 1.82) is 5.26 Å². The SMILES string of the molecule is N#CC(NC(=O)Cn1cc(-c2ccccc2)nn1)c1ccccc1F. The summed E-state index contributed by atoms with van der Waals surface area (Å²) in [5.74, 6) is -0.999. The van der Waals surface area contributed by atoms with E-state index in [1.54, 1.807) is 12.3 Å². The molecule has 1 unspecified atom stereocenters. The Kier molecular flexibility index (Phi) is 4.81. The minimum atomic E-state index is -1.06. The molecule has 2 aromatic carbocycles. The third-order valence-electron chi connectivity index (χ3n) is 3.56. The molecule has 124 valence electrons. The van der Waals surface area contributed by atoms with Gasteiger partial charge in [-0.15, -0.1) is 5.10 Å². The van der Waals surface area contributed by atoms with Crippen LogP contribution in [0.15, 0.2) is 60.8 Å². The summed E-state index contributed by atoms with van der Waals surface area (Å²) >= 11 is 0.